The van der Waals surface area contributed by atoms with Crippen molar-refractivity contribution in [2.45, 2.75) is 31.7 Å². The number of hydrogen-bond acceptors (Lipinski definition) is 6. The molecule has 0 saturated carbocycles. The summed E-state index contributed by atoms with van der Waals surface area (Å²) in [4.78, 5) is 22.4. The highest BCUT2D eigenvalue weighted by Crippen LogP contribution is 2.22. The predicted octanol–water partition coefficient (Wildman–Crippen LogP) is 1.51. The Morgan fingerprint density at radius 3 is 2.95 bits per heavy atom. The van der Waals surface area contributed by atoms with Gasteiger partial charge in [0, 0.05) is 37.2 Å². The lowest BCUT2D eigenvalue weighted by Crippen LogP contribution is -2.44. The van der Waals surface area contributed by atoms with E-state index >= 15 is 0 Å². The number of aliphatic hydroxyl groups is 1. The van der Waals surface area contributed by atoms with Crippen molar-refractivity contribution in [3.05, 3.63) is 30.4 Å². The van der Waals surface area contributed by atoms with E-state index in [4.69, 9.17) is 9.63 Å². The van der Waals surface area contributed by atoms with Crippen LogP contribution in [0.1, 0.15) is 36.4 Å². The van der Waals surface area contributed by atoms with E-state index in [2.05, 4.69) is 15.1 Å². The van der Waals surface area contributed by atoms with Gasteiger partial charge in [-0.25, -0.2) is 0 Å². The topological polar surface area (TPSA) is 92.3 Å². The molecular formula is C15H18N4O3. The first-order valence-electron chi connectivity index (χ1n) is 7.45. The number of likely N-dealkylation sites (tertiary alicyclic amines) is 1. The number of aromatic nitrogens is 3. The third-order valence-electron chi connectivity index (χ3n) is 3.90. The highest BCUT2D eigenvalue weighted by Gasteiger charge is 2.30. The molecule has 0 bridgehead atoms. The smallest absolute Gasteiger partial charge is 0.316 e. The third kappa shape index (κ3) is 2.99. The molecule has 1 saturated heterocycles. The van der Waals surface area contributed by atoms with Gasteiger partial charge in [-0.15, -0.1) is 0 Å². The van der Waals surface area contributed by atoms with Crippen LogP contribution in [0.4, 0.5) is 0 Å². The minimum absolute atomic E-state index is 0.00310. The maximum Gasteiger partial charge on any atom is 0.316 e. The summed E-state index contributed by atoms with van der Waals surface area (Å²) in [6.07, 6.45) is 6.78. The van der Waals surface area contributed by atoms with Crippen LogP contribution >= 0.6 is 0 Å². The number of rotatable bonds is 4. The zero-order valence-electron chi connectivity index (χ0n) is 12.2. The molecule has 0 radical (unpaired) electrons. The molecule has 22 heavy (non-hydrogen) atoms. The van der Waals surface area contributed by atoms with E-state index in [1.54, 1.807) is 29.4 Å². The maximum atomic E-state index is 12.6. The summed E-state index contributed by atoms with van der Waals surface area (Å²) in [5.41, 5.74) is 0.753. The molecule has 1 aliphatic heterocycles. The zero-order valence-corrected chi connectivity index (χ0v) is 12.2. The fraction of sp³-hybridized carbons (Fsp3) is 0.467. The van der Waals surface area contributed by atoms with E-state index in [1.165, 1.54) is 0 Å². The number of aliphatic hydroxyl groups excluding tert-OH is 1. The average molecular weight is 302 g/mol. The second-order valence-corrected chi connectivity index (χ2v) is 5.32. The SMILES string of the molecule is O=C(c1nc(-c2ccncc2)no1)N1CCCC[C@@H]1CCO. The van der Waals surface area contributed by atoms with Crippen LogP contribution in [0.3, 0.4) is 0 Å². The Balaban J connectivity index is 1.78. The lowest BCUT2D eigenvalue weighted by molar-refractivity contribution is 0.0525. The van der Waals surface area contributed by atoms with E-state index in [0.29, 0.717) is 18.8 Å². The Hall–Kier alpha value is -2.28. The third-order valence-corrected chi connectivity index (χ3v) is 3.90. The fourth-order valence-corrected chi connectivity index (χ4v) is 2.77. The van der Waals surface area contributed by atoms with E-state index in [-0.39, 0.29) is 24.4 Å². The quantitative estimate of drug-likeness (QED) is 0.920. The van der Waals surface area contributed by atoms with Gasteiger partial charge >= 0.3 is 11.8 Å². The number of pyridine rings is 1. The van der Waals surface area contributed by atoms with Crippen LogP contribution in [0, 0.1) is 0 Å². The second-order valence-electron chi connectivity index (χ2n) is 5.32. The summed E-state index contributed by atoms with van der Waals surface area (Å²) in [6.45, 7) is 0.733. The molecule has 0 aromatic carbocycles. The summed E-state index contributed by atoms with van der Waals surface area (Å²) in [5, 5.41) is 13.0. The van der Waals surface area contributed by atoms with Gasteiger partial charge in [0.2, 0.25) is 5.82 Å². The summed E-state index contributed by atoms with van der Waals surface area (Å²) < 4.78 is 5.13. The summed E-state index contributed by atoms with van der Waals surface area (Å²) >= 11 is 0. The van der Waals surface area contributed by atoms with Crippen LogP contribution in [0.5, 0.6) is 0 Å². The molecule has 1 aliphatic rings. The monoisotopic (exact) mass is 302 g/mol. The highest BCUT2D eigenvalue weighted by atomic mass is 16.5. The van der Waals surface area contributed by atoms with Gasteiger partial charge < -0.3 is 14.5 Å². The molecule has 1 fully saturated rings. The first-order valence-corrected chi connectivity index (χ1v) is 7.45. The van der Waals surface area contributed by atoms with Crippen molar-refractivity contribution in [3.8, 4) is 11.4 Å². The lowest BCUT2D eigenvalue weighted by Gasteiger charge is -2.34. The van der Waals surface area contributed by atoms with Gasteiger partial charge in [-0.1, -0.05) is 5.16 Å². The number of nitrogens with zero attached hydrogens (tertiary/aromatic N) is 4. The second kappa shape index (κ2) is 6.65. The Morgan fingerprint density at radius 2 is 2.18 bits per heavy atom. The summed E-state index contributed by atoms with van der Waals surface area (Å²) in [6, 6.07) is 3.56. The van der Waals surface area contributed by atoms with Crippen molar-refractivity contribution < 1.29 is 14.4 Å². The molecule has 116 valence electrons. The predicted molar refractivity (Wildman–Crippen MR) is 77.9 cm³/mol. The molecule has 0 aliphatic carbocycles. The summed E-state index contributed by atoms with van der Waals surface area (Å²) in [5.74, 6) is 0.115. The first kappa shape index (κ1) is 14.6. The Labute approximate surface area is 128 Å². The lowest BCUT2D eigenvalue weighted by atomic mass is 9.99. The fourth-order valence-electron chi connectivity index (χ4n) is 2.77. The van der Waals surface area contributed by atoms with Gasteiger partial charge in [0.15, 0.2) is 0 Å². The molecule has 7 nitrogen and oxygen atoms in total. The van der Waals surface area contributed by atoms with Crippen molar-refractivity contribution in [3.63, 3.8) is 0 Å². The van der Waals surface area contributed by atoms with Crippen molar-refractivity contribution in [1.82, 2.24) is 20.0 Å². The molecule has 1 N–H and O–H groups in total. The van der Waals surface area contributed by atoms with Gasteiger partial charge in [0.1, 0.15) is 0 Å². The minimum Gasteiger partial charge on any atom is -0.396 e. The van der Waals surface area contributed by atoms with Crippen LogP contribution < -0.4 is 0 Å². The van der Waals surface area contributed by atoms with E-state index in [0.717, 1.165) is 24.8 Å². The van der Waals surface area contributed by atoms with Crippen LogP contribution in [0.15, 0.2) is 29.0 Å². The molecular weight excluding hydrogens is 284 g/mol. The Bertz CT molecular complexity index is 627. The molecule has 3 heterocycles. The van der Waals surface area contributed by atoms with E-state index in [9.17, 15) is 4.79 Å². The van der Waals surface area contributed by atoms with Crippen LogP contribution in [-0.2, 0) is 0 Å². The number of amides is 1. The van der Waals surface area contributed by atoms with Gasteiger partial charge in [0.05, 0.1) is 0 Å². The minimum atomic E-state index is -0.258. The zero-order chi connectivity index (χ0) is 15.4. The standard InChI is InChI=1S/C15H18N4O3/c20-10-6-12-3-1-2-9-19(12)15(21)14-17-13(18-22-14)11-4-7-16-8-5-11/h4-5,7-8,12,20H,1-3,6,9-10H2/t12-/m1/s1. The molecule has 2 aromatic heterocycles. The van der Waals surface area contributed by atoms with Gasteiger partial charge in [0.25, 0.3) is 0 Å². The van der Waals surface area contributed by atoms with E-state index in [1.807, 2.05) is 0 Å². The maximum absolute atomic E-state index is 12.6. The first-order chi connectivity index (χ1) is 10.8. The van der Waals surface area contributed by atoms with Crippen molar-refractivity contribution >= 4 is 5.91 Å². The van der Waals surface area contributed by atoms with Crippen LogP contribution in [0.2, 0.25) is 0 Å². The van der Waals surface area contributed by atoms with Gasteiger partial charge in [-0.05, 0) is 37.8 Å². The number of piperidine rings is 1. The number of carbonyl (C=O) groups excluding carboxylic acids is 1. The number of carbonyl (C=O) groups is 1. The Kier molecular flexibility index (Phi) is 4.43. The molecule has 0 unspecified atom stereocenters. The summed E-state index contributed by atoms with van der Waals surface area (Å²) in [7, 11) is 0. The van der Waals surface area contributed by atoms with Crippen molar-refractivity contribution in [1.29, 1.82) is 0 Å². The van der Waals surface area contributed by atoms with Gasteiger partial charge in [-0.2, -0.15) is 4.98 Å². The average Bonchev–Trinajstić information content (AvgIpc) is 3.06. The normalized spacial score (nSPS) is 18.4. The number of hydrogen-bond donors (Lipinski definition) is 1. The molecule has 2 aromatic rings. The van der Waals surface area contributed by atoms with Gasteiger partial charge in [-0.3, -0.25) is 9.78 Å². The van der Waals surface area contributed by atoms with Crippen LogP contribution in [0.25, 0.3) is 11.4 Å². The molecule has 1 atom stereocenters. The highest BCUT2D eigenvalue weighted by molar-refractivity contribution is 5.90. The molecule has 0 spiro atoms. The van der Waals surface area contributed by atoms with Crippen LogP contribution in [-0.4, -0.2) is 50.2 Å². The molecule has 1 amide bonds. The largest absolute Gasteiger partial charge is 0.396 e. The van der Waals surface area contributed by atoms with Crippen molar-refractivity contribution in [2.24, 2.45) is 0 Å². The van der Waals surface area contributed by atoms with Crippen molar-refractivity contribution in [2.75, 3.05) is 13.2 Å². The van der Waals surface area contributed by atoms with E-state index < -0.39 is 0 Å². The molecule has 7 heteroatoms. The Morgan fingerprint density at radius 1 is 1.36 bits per heavy atom. The molecule has 3 rings (SSSR count).